The molecule has 1 atom stereocenters. The number of benzene rings is 2. The summed E-state index contributed by atoms with van der Waals surface area (Å²) in [7, 11) is 0. The van der Waals surface area contributed by atoms with Crippen LogP contribution in [0.25, 0.3) is 11.0 Å². The second-order valence-corrected chi connectivity index (χ2v) is 8.08. The van der Waals surface area contributed by atoms with Crippen LogP contribution >= 0.6 is 0 Å². The Bertz CT molecular complexity index is 1150. The number of piperazine rings is 1. The van der Waals surface area contributed by atoms with Gasteiger partial charge in [-0.2, -0.15) is 5.26 Å². The average Bonchev–Trinajstić information content (AvgIpc) is 2.85. The molecule has 0 radical (unpaired) electrons. The standard InChI is InChI=1S/C25H27FN6O/c1-2-3-12-28-25(33)20(17-27)23-24(30-22-7-5-4-6-21(22)29-23)32-15-13-31(14-16-32)19-10-8-18(26)9-11-19/h4-11,20H,2-3,12-16H2,1H3,(H,28,33)/t20-/m0/s1. The number of halogens is 1. The molecule has 8 heteroatoms. The molecule has 7 nitrogen and oxygen atoms in total. The number of carbonyl (C=O) groups excluding carboxylic acids is 1. The van der Waals surface area contributed by atoms with E-state index in [0.29, 0.717) is 49.8 Å². The highest BCUT2D eigenvalue weighted by Crippen LogP contribution is 2.29. The lowest BCUT2D eigenvalue weighted by atomic mass is 10.0. The molecule has 1 aromatic heterocycles. The molecule has 1 N–H and O–H groups in total. The molecule has 1 fully saturated rings. The number of amides is 1. The van der Waals surface area contributed by atoms with Crippen LogP contribution in [-0.2, 0) is 4.79 Å². The zero-order chi connectivity index (χ0) is 23.2. The van der Waals surface area contributed by atoms with Gasteiger partial charge in [0.15, 0.2) is 11.7 Å². The van der Waals surface area contributed by atoms with E-state index in [9.17, 15) is 14.4 Å². The molecule has 0 saturated carbocycles. The fourth-order valence-electron chi connectivity index (χ4n) is 3.99. The maximum atomic E-state index is 13.3. The van der Waals surface area contributed by atoms with E-state index >= 15 is 0 Å². The van der Waals surface area contributed by atoms with Gasteiger partial charge in [0.2, 0.25) is 5.91 Å². The van der Waals surface area contributed by atoms with Crippen molar-refractivity contribution in [2.24, 2.45) is 0 Å². The minimum Gasteiger partial charge on any atom is -0.368 e. The van der Waals surface area contributed by atoms with Crippen LogP contribution in [0.2, 0.25) is 0 Å². The van der Waals surface area contributed by atoms with Crippen molar-refractivity contribution in [2.75, 3.05) is 42.5 Å². The first-order valence-corrected chi connectivity index (χ1v) is 11.3. The molecule has 0 aliphatic carbocycles. The molecule has 1 aliphatic heterocycles. The number of nitrogens with one attached hydrogen (secondary N) is 1. The number of anilines is 2. The van der Waals surface area contributed by atoms with Crippen LogP contribution in [0.5, 0.6) is 0 Å². The Labute approximate surface area is 192 Å². The number of hydrogen-bond acceptors (Lipinski definition) is 6. The molecule has 4 rings (SSSR count). The van der Waals surface area contributed by atoms with E-state index in [1.807, 2.05) is 31.2 Å². The Morgan fingerprint density at radius 2 is 1.70 bits per heavy atom. The lowest BCUT2D eigenvalue weighted by Crippen LogP contribution is -2.47. The first-order chi connectivity index (χ1) is 16.1. The van der Waals surface area contributed by atoms with Gasteiger partial charge in [-0.3, -0.25) is 4.79 Å². The highest BCUT2D eigenvalue weighted by Gasteiger charge is 2.30. The fraction of sp³-hybridized carbons (Fsp3) is 0.360. The third kappa shape index (κ3) is 5.03. The van der Waals surface area contributed by atoms with Crippen molar-refractivity contribution in [3.63, 3.8) is 0 Å². The Morgan fingerprint density at radius 3 is 2.33 bits per heavy atom. The van der Waals surface area contributed by atoms with Crippen molar-refractivity contribution in [2.45, 2.75) is 25.7 Å². The molecule has 3 aromatic rings. The number of rotatable bonds is 7. The molecule has 2 aromatic carbocycles. The molecule has 1 saturated heterocycles. The van der Waals surface area contributed by atoms with Crippen molar-refractivity contribution in [3.8, 4) is 6.07 Å². The quantitative estimate of drug-likeness (QED) is 0.558. The molecule has 0 bridgehead atoms. The van der Waals surface area contributed by atoms with Crippen LogP contribution in [0, 0.1) is 17.1 Å². The summed E-state index contributed by atoms with van der Waals surface area (Å²) in [5, 5.41) is 12.7. The van der Waals surface area contributed by atoms with E-state index in [2.05, 4.69) is 21.2 Å². The molecule has 170 valence electrons. The van der Waals surface area contributed by atoms with Gasteiger partial charge in [-0.15, -0.1) is 0 Å². The van der Waals surface area contributed by atoms with Gasteiger partial charge in [-0.25, -0.2) is 14.4 Å². The Balaban J connectivity index is 1.61. The van der Waals surface area contributed by atoms with Crippen molar-refractivity contribution < 1.29 is 9.18 Å². The van der Waals surface area contributed by atoms with Crippen molar-refractivity contribution >= 4 is 28.4 Å². The van der Waals surface area contributed by atoms with Crippen molar-refractivity contribution in [1.82, 2.24) is 15.3 Å². The van der Waals surface area contributed by atoms with Gasteiger partial charge < -0.3 is 15.1 Å². The predicted molar refractivity (Wildman–Crippen MR) is 127 cm³/mol. The molecular weight excluding hydrogens is 419 g/mol. The number of fused-ring (bicyclic) bond motifs is 1. The second kappa shape index (κ2) is 10.3. The van der Waals surface area contributed by atoms with Gasteiger partial charge in [0, 0.05) is 38.4 Å². The van der Waals surface area contributed by atoms with Crippen LogP contribution in [0.15, 0.2) is 48.5 Å². The summed E-state index contributed by atoms with van der Waals surface area (Å²) in [5.74, 6) is -1.07. The predicted octanol–water partition coefficient (Wildman–Crippen LogP) is 3.62. The summed E-state index contributed by atoms with van der Waals surface area (Å²) in [4.78, 5) is 26.6. The van der Waals surface area contributed by atoms with Crippen LogP contribution in [0.1, 0.15) is 31.4 Å². The maximum absolute atomic E-state index is 13.3. The summed E-state index contributed by atoms with van der Waals surface area (Å²) in [6.45, 7) is 5.28. The summed E-state index contributed by atoms with van der Waals surface area (Å²) in [5.41, 5.74) is 2.73. The third-order valence-electron chi connectivity index (χ3n) is 5.84. The van der Waals surface area contributed by atoms with Crippen molar-refractivity contribution in [1.29, 1.82) is 5.26 Å². The van der Waals surface area contributed by atoms with Gasteiger partial charge >= 0.3 is 0 Å². The molecule has 0 unspecified atom stereocenters. The number of unbranched alkanes of at least 4 members (excludes halogenated alkanes) is 1. The van der Waals surface area contributed by atoms with E-state index < -0.39 is 5.92 Å². The van der Waals surface area contributed by atoms with Crippen LogP contribution in [0.3, 0.4) is 0 Å². The zero-order valence-electron chi connectivity index (χ0n) is 18.7. The number of para-hydroxylation sites is 2. The van der Waals surface area contributed by atoms with Crippen LogP contribution in [-0.4, -0.2) is 48.6 Å². The molecule has 0 spiro atoms. The number of hydrogen-bond donors (Lipinski definition) is 1. The number of aromatic nitrogens is 2. The molecule has 1 aliphatic rings. The minimum absolute atomic E-state index is 0.256. The van der Waals surface area contributed by atoms with Gasteiger partial charge in [0.25, 0.3) is 0 Å². The highest BCUT2D eigenvalue weighted by molar-refractivity contribution is 5.88. The number of nitriles is 1. The monoisotopic (exact) mass is 446 g/mol. The van der Waals surface area contributed by atoms with Gasteiger partial charge in [-0.1, -0.05) is 25.5 Å². The Kier molecular flexibility index (Phi) is 6.98. The average molecular weight is 447 g/mol. The number of carbonyl (C=O) groups is 1. The zero-order valence-corrected chi connectivity index (χ0v) is 18.7. The van der Waals surface area contributed by atoms with E-state index in [0.717, 1.165) is 24.0 Å². The molecule has 33 heavy (non-hydrogen) atoms. The lowest BCUT2D eigenvalue weighted by molar-refractivity contribution is -0.121. The van der Waals surface area contributed by atoms with Crippen molar-refractivity contribution in [3.05, 3.63) is 60.0 Å². The summed E-state index contributed by atoms with van der Waals surface area (Å²) < 4.78 is 13.3. The van der Waals surface area contributed by atoms with E-state index in [-0.39, 0.29) is 11.7 Å². The van der Waals surface area contributed by atoms with Crippen LogP contribution in [0.4, 0.5) is 15.9 Å². The van der Waals surface area contributed by atoms with Gasteiger partial charge in [0.05, 0.1) is 17.1 Å². The normalized spacial score (nSPS) is 14.7. The molecule has 1 amide bonds. The van der Waals surface area contributed by atoms with Gasteiger partial charge in [-0.05, 0) is 42.8 Å². The second-order valence-electron chi connectivity index (χ2n) is 8.08. The topological polar surface area (TPSA) is 85.1 Å². The van der Waals surface area contributed by atoms with Crippen LogP contribution < -0.4 is 15.1 Å². The minimum atomic E-state index is -1.04. The fourth-order valence-corrected chi connectivity index (χ4v) is 3.99. The number of nitrogens with zero attached hydrogens (tertiary/aromatic N) is 5. The third-order valence-corrected chi connectivity index (χ3v) is 5.84. The molecular formula is C25H27FN6O. The smallest absolute Gasteiger partial charge is 0.243 e. The van der Waals surface area contributed by atoms with E-state index in [4.69, 9.17) is 9.97 Å². The molecule has 2 heterocycles. The largest absolute Gasteiger partial charge is 0.368 e. The Hall–Kier alpha value is -3.73. The van der Waals surface area contributed by atoms with E-state index in [1.165, 1.54) is 12.1 Å². The highest BCUT2D eigenvalue weighted by atomic mass is 19.1. The lowest BCUT2D eigenvalue weighted by Gasteiger charge is -2.37. The SMILES string of the molecule is CCCCNC(=O)[C@@H](C#N)c1nc2ccccc2nc1N1CCN(c2ccc(F)cc2)CC1. The first-order valence-electron chi connectivity index (χ1n) is 11.3. The summed E-state index contributed by atoms with van der Waals surface area (Å²) in [6.07, 6.45) is 1.81. The Morgan fingerprint density at radius 1 is 1.06 bits per heavy atom. The summed E-state index contributed by atoms with van der Waals surface area (Å²) >= 11 is 0. The summed E-state index contributed by atoms with van der Waals surface area (Å²) in [6, 6.07) is 16.1. The van der Waals surface area contributed by atoms with Gasteiger partial charge in [0.1, 0.15) is 11.5 Å². The van der Waals surface area contributed by atoms with E-state index in [1.54, 1.807) is 12.1 Å². The first kappa shape index (κ1) is 22.5. The maximum Gasteiger partial charge on any atom is 0.243 e.